The van der Waals surface area contributed by atoms with Gasteiger partial charge in [-0.15, -0.1) is 0 Å². The molecule has 5 aromatic rings. The van der Waals surface area contributed by atoms with Crippen LogP contribution in [0.3, 0.4) is 0 Å². The van der Waals surface area contributed by atoms with Gasteiger partial charge in [-0.2, -0.15) is 0 Å². The van der Waals surface area contributed by atoms with Gasteiger partial charge in [0.15, 0.2) is 6.29 Å². The quantitative estimate of drug-likeness (QED) is 0.146. The Hall–Kier alpha value is -4.73. The number of piperazine rings is 1. The van der Waals surface area contributed by atoms with Gasteiger partial charge >= 0.3 is 0 Å². The first-order valence-corrected chi connectivity index (χ1v) is 18.7. The second-order valence-corrected chi connectivity index (χ2v) is 15.3. The van der Waals surface area contributed by atoms with Gasteiger partial charge in [0.05, 0.1) is 18.9 Å². The first kappa shape index (κ1) is 34.4. The standard InChI is InChI=1S/C43H48FN5O3/c1-29(2)38-11-7-33(44)21-39(38)40-27-47(26-30-4-9-36(51-3)10-5-30)18-19-49(40)35-23-43(24-35)13-16-48(17-14-43)34-8-6-32(28-50)41(22-34)52-37-20-31-12-15-45-42(31)46-25-37/h4-12,15,20-22,25,28-29,35,40H,13-14,16-19,23-24,26-27H2,1-3H3,(H,45,46). The maximum Gasteiger partial charge on any atom is 0.153 e. The first-order chi connectivity index (χ1) is 25.3. The van der Waals surface area contributed by atoms with Crippen LogP contribution < -0.4 is 14.4 Å². The highest BCUT2D eigenvalue weighted by molar-refractivity contribution is 5.81. The molecule has 0 amide bonds. The highest BCUT2D eigenvalue weighted by Crippen LogP contribution is 2.53. The predicted octanol–water partition coefficient (Wildman–Crippen LogP) is 8.75. The van der Waals surface area contributed by atoms with Gasteiger partial charge < -0.3 is 19.4 Å². The number of carbonyl (C=O) groups is 1. The summed E-state index contributed by atoms with van der Waals surface area (Å²) in [7, 11) is 1.70. The lowest BCUT2D eigenvalue weighted by Crippen LogP contribution is -2.60. The van der Waals surface area contributed by atoms with E-state index in [4.69, 9.17) is 9.47 Å². The summed E-state index contributed by atoms with van der Waals surface area (Å²) in [6.07, 6.45) is 8.99. The van der Waals surface area contributed by atoms with Crippen molar-refractivity contribution in [3.05, 3.63) is 113 Å². The van der Waals surface area contributed by atoms with Gasteiger partial charge in [0.1, 0.15) is 28.7 Å². The average Bonchev–Trinajstić information content (AvgIpc) is 3.62. The van der Waals surface area contributed by atoms with E-state index >= 15 is 0 Å². The predicted molar refractivity (Wildman–Crippen MR) is 203 cm³/mol. The van der Waals surface area contributed by atoms with Crippen LogP contribution in [0.4, 0.5) is 10.1 Å². The highest BCUT2D eigenvalue weighted by atomic mass is 19.1. The van der Waals surface area contributed by atoms with Crippen molar-refractivity contribution in [3.8, 4) is 17.2 Å². The molecule has 52 heavy (non-hydrogen) atoms. The van der Waals surface area contributed by atoms with Crippen molar-refractivity contribution in [2.45, 2.75) is 64.1 Å². The third-order valence-corrected chi connectivity index (χ3v) is 11.8. The average molecular weight is 702 g/mol. The van der Waals surface area contributed by atoms with Crippen molar-refractivity contribution >= 4 is 23.0 Å². The molecule has 1 saturated carbocycles. The highest BCUT2D eigenvalue weighted by Gasteiger charge is 2.50. The van der Waals surface area contributed by atoms with E-state index in [1.165, 1.54) is 24.0 Å². The Bertz CT molecular complexity index is 2030. The van der Waals surface area contributed by atoms with E-state index in [1.54, 1.807) is 25.4 Å². The van der Waals surface area contributed by atoms with Gasteiger partial charge in [0, 0.05) is 74.7 Å². The monoisotopic (exact) mass is 701 g/mol. The van der Waals surface area contributed by atoms with Crippen molar-refractivity contribution < 1.29 is 18.7 Å². The molecule has 3 fully saturated rings. The first-order valence-electron chi connectivity index (χ1n) is 18.7. The van der Waals surface area contributed by atoms with Gasteiger partial charge in [0.2, 0.25) is 0 Å². The number of ether oxygens (including phenoxy) is 2. The molecule has 270 valence electrons. The number of pyridine rings is 1. The molecule has 1 unspecified atom stereocenters. The molecule has 4 heterocycles. The molecule has 8 nitrogen and oxygen atoms in total. The molecule has 2 saturated heterocycles. The number of piperidine rings is 1. The van der Waals surface area contributed by atoms with Crippen molar-refractivity contribution in [3.63, 3.8) is 0 Å². The molecule has 2 aromatic heterocycles. The van der Waals surface area contributed by atoms with Crippen LogP contribution in [0.15, 0.2) is 85.2 Å². The zero-order valence-corrected chi connectivity index (χ0v) is 30.4. The normalized spacial score (nSPS) is 19.6. The van der Waals surface area contributed by atoms with E-state index in [0.29, 0.717) is 34.4 Å². The van der Waals surface area contributed by atoms with E-state index < -0.39 is 0 Å². The van der Waals surface area contributed by atoms with Crippen molar-refractivity contribution in [2.24, 2.45) is 5.41 Å². The molecule has 0 radical (unpaired) electrons. The summed E-state index contributed by atoms with van der Waals surface area (Å²) in [4.78, 5) is 27.1. The Balaban J connectivity index is 0.949. The lowest BCUT2D eigenvalue weighted by Gasteiger charge is -2.58. The van der Waals surface area contributed by atoms with Crippen LogP contribution in [-0.4, -0.2) is 71.9 Å². The molecular weight excluding hydrogens is 654 g/mol. The Morgan fingerprint density at radius 2 is 1.77 bits per heavy atom. The number of aromatic nitrogens is 2. The van der Waals surface area contributed by atoms with Crippen molar-refractivity contribution in [1.29, 1.82) is 0 Å². The van der Waals surface area contributed by atoms with E-state index in [9.17, 15) is 9.18 Å². The molecule has 9 heteroatoms. The second-order valence-electron chi connectivity index (χ2n) is 15.3. The van der Waals surface area contributed by atoms with Crippen LogP contribution in [0.25, 0.3) is 11.0 Å². The second kappa shape index (κ2) is 14.4. The largest absolute Gasteiger partial charge is 0.497 e. The number of aromatic amines is 1. The Kier molecular flexibility index (Phi) is 9.49. The molecule has 3 aromatic carbocycles. The number of fused-ring (bicyclic) bond motifs is 1. The van der Waals surface area contributed by atoms with Crippen LogP contribution >= 0.6 is 0 Å². The number of rotatable bonds is 10. The van der Waals surface area contributed by atoms with E-state index in [-0.39, 0.29) is 11.9 Å². The van der Waals surface area contributed by atoms with Gasteiger partial charge in [-0.05, 0) is 102 Å². The van der Waals surface area contributed by atoms with E-state index in [0.717, 1.165) is 86.4 Å². The number of aldehydes is 1. The minimum absolute atomic E-state index is 0.144. The molecule has 0 bridgehead atoms. The number of nitrogens with zero attached hydrogens (tertiary/aromatic N) is 4. The van der Waals surface area contributed by atoms with E-state index in [2.05, 4.69) is 50.6 Å². The number of anilines is 1. The maximum absolute atomic E-state index is 14.9. The number of hydrogen-bond donors (Lipinski definition) is 1. The van der Waals surface area contributed by atoms with Gasteiger partial charge in [0.25, 0.3) is 0 Å². The fraction of sp³-hybridized carbons (Fsp3) is 0.395. The molecule has 8 rings (SSSR count). The molecular formula is C43H48FN5O3. The number of benzene rings is 3. The van der Waals surface area contributed by atoms with Crippen LogP contribution in [-0.2, 0) is 6.54 Å². The zero-order valence-electron chi connectivity index (χ0n) is 30.4. The lowest BCUT2D eigenvalue weighted by molar-refractivity contribution is -0.0628. The minimum Gasteiger partial charge on any atom is -0.497 e. The summed E-state index contributed by atoms with van der Waals surface area (Å²) in [6.45, 7) is 10.1. The summed E-state index contributed by atoms with van der Waals surface area (Å²) in [5.74, 6) is 2.17. The fourth-order valence-electron chi connectivity index (χ4n) is 8.89. The van der Waals surface area contributed by atoms with Crippen LogP contribution in [0.2, 0.25) is 0 Å². The van der Waals surface area contributed by atoms with Crippen molar-refractivity contribution in [1.82, 2.24) is 19.8 Å². The molecule has 3 aliphatic rings. The molecule has 1 N–H and O–H groups in total. The zero-order chi connectivity index (χ0) is 35.8. The molecule has 1 aliphatic carbocycles. The smallest absolute Gasteiger partial charge is 0.153 e. The minimum atomic E-state index is -0.155. The topological polar surface area (TPSA) is 73.9 Å². The molecule has 1 spiro atoms. The maximum atomic E-state index is 14.9. The van der Waals surface area contributed by atoms with Gasteiger partial charge in [-0.3, -0.25) is 14.6 Å². The third-order valence-electron chi connectivity index (χ3n) is 11.8. The number of carbonyl (C=O) groups excluding carboxylic acids is 1. The Labute approximate surface area is 305 Å². The van der Waals surface area contributed by atoms with Gasteiger partial charge in [-0.1, -0.05) is 32.0 Å². The Morgan fingerprint density at radius 3 is 2.52 bits per heavy atom. The summed E-state index contributed by atoms with van der Waals surface area (Å²) < 4.78 is 26.5. The number of hydrogen-bond acceptors (Lipinski definition) is 7. The van der Waals surface area contributed by atoms with Crippen molar-refractivity contribution in [2.75, 3.05) is 44.7 Å². The lowest BCUT2D eigenvalue weighted by atomic mass is 9.59. The summed E-state index contributed by atoms with van der Waals surface area (Å²) in [6, 6.07) is 24.2. The number of halogens is 1. The SMILES string of the molecule is COc1ccc(CN2CCN(C3CC4(CCN(c5ccc(C=O)c(Oc6cnc7[nH]ccc7c6)c5)CC4)C3)C(c3cc(F)ccc3C(C)C)C2)cc1. The fourth-order valence-corrected chi connectivity index (χ4v) is 8.89. The molecule has 1 atom stereocenters. The van der Waals surface area contributed by atoms with Crippen LogP contribution in [0, 0.1) is 11.2 Å². The number of H-pyrrole nitrogens is 1. The van der Waals surface area contributed by atoms with Crippen LogP contribution in [0.1, 0.15) is 78.5 Å². The van der Waals surface area contributed by atoms with Crippen LogP contribution in [0.5, 0.6) is 17.2 Å². The molecule has 2 aliphatic heterocycles. The summed E-state index contributed by atoms with van der Waals surface area (Å²) >= 11 is 0. The third kappa shape index (κ3) is 6.92. The van der Waals surface area contributed by atoms with E-state index in [1.807, 2.05) is 54.7 Å². The summed E-state index contributed by atoms with van der Waals surface area (Å²) in [5, 5.41) is 0.958. The Morgan fingerprint density at radius 1 is 0.962 bits per heavy atom. The number of methoxy groups -OCH3 is 1. The number of nitrogens with one attached hydrogen (secondary N) is 1. The van der Waals surface area contributed by atoms with Gasteiger partial charge in [-0.25, -0.2) is 9.37 Å². The summed E-state index contributed by atoms with van der Waals surface area (Å²) in [5.41, 5.74) is 6.37.